The van der Waals surface area contributed by atoms with Gasteiger partial charge in [0.15, 0.2) is 0 Å². The molecule has 1 aliphatic heterocycles. The Morgan fingerprint density at radius 3 is 2.71 bits per heavy atom. The van der Waals surface area contributed by atoms with Gasteiger partial charge in [-0.05, 0) is 49.6 Å². The van der Waals surface area contributed by atoms with Crippen molar-refractivity contribution in [2.45, 2.75) is 32.7 Å². The van der Waals surface area contributed by atoms with E-state index in [-0.39, 0.29) is 5.82 Å². The smallest absolute Gasteiger partial charge is 0.123 e. The topological polar surface area (TPSA) is 24.5 Å². The number of hydrogen-bond donors (Lipinski definition) is 1. The first-order valence-electron chi connectivity index (χ1n) is 7.97. The van der Waals surface area contributed by atoms with Crippen molar-refractivity contribution < 1.29 is 9.13 Å². The molecule has 0 bridgehead atoms. The zero-order valence-corrected chi connectivity index (χ0v) is 13.1. The van der Waals surface area contributed by atoms with E-state index in [1.165, 1.54) is 25.0 Å². The number of hydrogen-bond acceptors (Lipinski definition) is 3. The Hall–Kier alpha value is -1.13. The van der Waals surface area contributed by atoms with Crippen LogP contribution in [0.15, 0.2) is 24.3 Å². The van der Waals surface area contributed by atoms with Crippen LogP contribution in [0.5, 0.6) is 5.75 Å². The molecule has 0 aliphatic carbocycles. The highest BCUT2D eigenvalue weighted by Crippen LogP contribution is 2.12. The Morgan fingerprint density at radius 2 is 2.10 bits per heavy atom. The SMILES string of the molecule is CC(C)CN(CCOc1ccc(F)cc1)CC1CCCN1. The second kappa shape index (κ2) is 8.35. The lowest BCUT2D eigenvalue weighted by Crippen LogP contribution is -2.41. The van der Waals surface area contributed by atoms with Crippen LogP contribution in [0.3, 0.4) is 0 Å². The molecule has 1 unspecified atom stereocenters. The van der Waals surface area contributed by atoms with Crippen molar-refractivity contribution in [1.29, 1.82) is 0 Å². The summed E-state index contributed by atoms with van der Waals surface area (Å²) in [6.07, 6.45) is 2.56. The van der Waals surface area contributed by atoms with Gasteiger partial charge in [-0.25, -0.2) is 4.39 Å². The van der Waals surface area contributed by atoms with E-state index in [0.29, 0.717) is 18.6 Å². The fourth-order valence-electron chi connectivity index (χ4n) is 2.82. The Balaban J connectivity index is 1.76. The molecule has 1 aliphatic rings. The van der Waals surface area contributed by atoms with Gasteiger partial charge in [0.25, 0.3) is 0 Å². The van der Waals surface area contributed by atoms with Crippen molar-refractivity contribution in [1.82, 2.24) is 10.2 Å². The van der Waals surface area contributed by atoms with Crippen molar-refractivity contribution >= 4 is 0 Å². The largest absolute Gasteiger partial charge is 0.492 e. The summed E-state index contributed by atoms with van der Waals surface area (Å²) in [6.45, 7) is 9.37. The zero-order chi connectivity index (χ0) is 15.1. The Kier molecular flexibility index (Phi) is 6.46. The summed E-state index contributed by atoms with van der Waals surface area (Å²) in [6, 6.07) is 6.85. The summed E-state index contributed by atoms with van der Waals surface area (Å²) in [4.78, 5) is 2.47. The molecule has 1 aromatic carbocycles. The van der Waals surface area contributed by atoms with Gasteiger partial charge in [-0.15, -0.1) is 0 Å². The molecule has 1 aromatic rings. The van der Waals surface area contributed by atoms with Crippen molar-refractivity contribution in [2.24, 2.45) is 5.92 Å². The second-order valence-corrected chi connectivity index (χ2v) is 6.25. The molecule has 4 heteroatoms. The third-order valence-corrected chi connectivity index (χ3v) is 3.75. The molecular weight excluding hydrogens is 267 g/mol. The minimum atomic E-state index is -0.226. The van der Waals surface area contributed by atoms with E-state index in [9.17, 15) is 4.39 Å². The Labute approximate surface area is 127 Å². The normalized spacial score (nSPS) is 18.6. The first-order chi connectivity index (χ1) is 10.1. The minimum Gasteiger partial charge on any atom is -0.492 e. The highest BCUT2D eigenvalue weighted by Gasteiger charge is 2.18. The van der Waals surface area contributed by atoms with E-state index < -0.39 is 0 Å². The maximum absolute atomic E-state index is 12.8. The quantitative estimate of drug-likeness (QED) is 0.798. The summed E-state index contributed by atoms with van der Waals surface area (Å²) >= 11 is 0. The highest BCUT2D eigenvalue weighted by molar-refractivity contribution is 5.21. The van der Waals surface area contributed by atoms with E-state index in [4.69, 9.17) is 4.74 Å². The molecule has 1 heterocycles. The molecule has 0 saturated carbocycles. The molecule has 21 heavy (non-hydrogen) atoms. The molecule has 1 N–H and O–H groups in total. The van der Waals surface area contributed by atoms with Gasteiger partial charge in [0.05, 0.1) is 0 Å². The molecular formula is C17H27FN2O. The molecule has 1 saturated heterocycles. The molecule has 1 fully saturated rings. The average molecular weight is 294 g/mol. The lowest BCUT2D eigenvalue weighted by Gasteiger charge is -2.27. The van der Waals surface area contributed by atoms with Crippen LogP contribution in [0.1, 0.15) is 26.7 Å². The maximum atomic E-state index is 12.8. The van der Waals surface area contributed by atoms with Crippen LogP contribution in [-0.2, 0) is 0 Å². The molecule has 3 nitrogen and oxygen atoms in total. The predicted octanol–water partition coefficient (Wildman–Crippen LogP) is 2.91. The Bertz CT molecular complexity index is 402. The van der Waals surface area contributed by atoms with Crippen LogP contribution in [0.2, 0.25) is 0 Å². The van der Waals surface area contributed by atoms with Gasteiger partial charge < -0.3 is 10.1 Å². The van der Waals surface area contributed by atoms with E-state index in [2.05, 4.69) is 24.1 Å². The summed E-state index contributed by atoms with van der Waals surface area (Å²) < 4.78 is 18.5. The van der Waals surface area contributed by atoms with Gasteiger partial charge in [-0.3, -0.25) is 4.90 Å². The van der Waals surface area contributed by atoms with Crippen LogP contribution in [-0.4, -0.2) is 43.7 Å². The monoisotopic (exact) mass is 294 g/mol. The predicted molar refractivity (Wildman–Crippen MR) is 84.2 cm³/mol. The van der Waals surface area contributed by atoms with Crippen LogP contribution in [0, 0.1) is 11.7 Å². The molecule has 2 rings (SSSR count). The van der Waals surface area contributed by atoms with E-state index in [1.807, 2.05) is 0 Å². The summed E-state index contributed by atoms with van der Waals surface area (Å²) in [7, 11) is 0. The van der Waals surface area contributed by atoms with Gasteiger partial charge in [-0.1, -0.05) is 13.8 Å². The van der Waals surface area contributed by atoms with Crippen molar-refractivity contribution in [3.05, 3.63) is 30.1 Å². The third kappa shape index (κ3) is 6.02. The van der Waals surface area contributed by atoms with Crippen LogP contribution in [0.25, 0.3) is 0 Å². The lowest BCUT2D eigenvalue weighted by molar-refractivity contribution is 0.181. The standard InChI is InChI=1S/C17H27FN2O/c1-14(2)12-20(13-16-4-3-9-19-16)10-11-21-17-7-5-15(18)6-8-17/h5-8,14,16,19H,3-4,9-13H2,1-2H3. The zero-order valence-electron chi connectivity index (χ0n) is 13.1. The van der Waals surface area contributed by atoms with E-state index in [0.717, 1.165) is 31.9 Å². The summed E-state index contributed by atoms with van der Waals surface area (Å²) in [5.41, 5.74) is 0. The number of ether oxygens (including phenoxy) is 1. The van der Waals surface area contributed by atoms with Gasteiger partial charge >= 0.3 is 0 Å². The fourth-order valence-corrected chi connectivity index (χ4v) is 2.82. The minimum absolute atomic E-state index is 0.226. The molecule has 118 valence electrons. The summed E-state index contributed by atoms with van der Waals surface area (Å²) in [5.74, 6) is 1.16. The molecule has 1 atom stereocenters. The van der Waals surface area contributed by atoms with Crippen LogP contribution < -0.4 is 10.1 Å². The second-order valence-electron chi connectivity index (χ2n) is 6.25. The lowest BCUT2D eigenvalue weighted by atomic mass is 10.1. The maximum Gasteiger partial charge on any atom is 0.123 e. The van der Waals surface area contributed by atoms with Gasteiger partial charge in [0, 0.05) is 25.7 Å². The van der Waals surface area contributed by atoms with Crippen molar-refractivity contribution in [3.63, 3.8) is 0 Å². The van der Waals surface area contributed by atoms with Crippen LogP contribution in [0.4, 0.5) is 4.39 Å². The van der Waals surface area contributed by atoms with E-state index in [1.54, 1.807) is 12.1 Å². The molecule has 0 amide bonds. The number of nitrogens with one attached hydrogen (secondary N) is 1. The molecule has 0 radical (unpaired) electrons. The number of halogens is 1. The van der Waals surface area contributed by atoms with Gasteiger partial charge in [0.1, 0.15) is 18.2 Å². The first-order valence-corrected chi connectivity index (χ1v) is 7.97. The molecule has 0 spiro atoms. The summed E-state index contributed by atoms with van der Waals surface area (Å²) in [5, 5.41) is 3.55. The highest BCUT2D eigenvalue weighted by atomic mass is 19.1. The van der Waals surface area contributed by atoms with Gasteiger partial charge in [0.2, 0.25) is 0 Å². The van der Waals surface area contributed by atoms with Crippen molar-refractivity contribution in [3.8, 4) is 5.75 Å². The fraction of sp³-hybridized carbons (Fsp3) is 0.647. The average Bonchev–Trinajstić information content (AvgIpc) is 2.93. The van der Waals surface area contributed by atoms with Crippen molar-refractivity contribution in [2.75, 3.05) is 32.8 Å². The number of benzene rings is 1. The third-order valence-electron chi connectivity index (χ3n) is 3.75. The van der Waals surface area contributed by atoms with Gasteiger partial charge in [-0.2, -0.15) is 0 Å². The number of rotatable bonds is 8. The molecule has 0 aromatic heterocycles. The number of nitrogens with zero attached hydrogens (tertiary/aromatic N) is 1. The first kappa shape index (κ1) is 16.2. The van der Waals surface area contributed by atoms with Crippen LogP contribution >= 0.6 is 0 Å². The van der Waals surface area contributed by atoms with E-state index >= 15 is 0 Å². The Morgan fingerprint density at radius 1 is 1.33 bits per heavy atom.